The molecule has 0 aromatic heterocycles. The van der Waals surface area contributed by atoms with Gasteiger partial charge in [0.1, 0.15) is 0 Å². The molecular formula is C13H17BrN2O. The summed E-state index contributed by atoms with van der Waals surface area (Å²) in [4.78, 5) is 14.1. The first kappa shape index (κ1) is 12.6. The molecule has 1 saturated heterocycles. The minimum atomic E-state index is 0.118. The smallest absolute Gasteiger partial charge is 0.224 e. The van der Waals surface area contributed by atoms with E-state index < -0.39 is 0 Å². The highest BCUT2D eigenvalue weighted by atomic mass is 79.9. The lowest BCUT2D eigenvalue weighted by Crippen LogP contribution is -2.19. The van der Waals surface area contributed by atoms with Crippen LogP contribution >= 0.6 is 15.9 Å². The predicted molar refractivity (Wildman–Crippen MR) is 73.0 cm³/mol. The van der Waals surface area contributed by atoms with Crippen molar-refractivity contribution in [3.63, 3.8) is 0 Å². The molecule has 17 heavy (non-hydrogen) atoms. The molecule has 1 unspecified atom stereocenters. The molecule has 0 saturated carbocycles. The fourth-order valence-electron chi connectivity index (χ4n) is 2.20. The molecule has 1 aliphatic rings. The number of anilines is 1. The molecule has 0 spiro atoms. The number of nitrogens with one attached hydrogen (secondary N) is 1. The zero-order valence-electron chi connectivity index (χ0n) is 9.95. The molecule has 4 heteroatoms. The van der Waals surface area contributed by atoms with Gasteiger partial charge in [-0.25, -0.2) is 0 Å². The first-order chi connectivity index (χ1) is 8.13. The maximum Gasteiger partial charge on any atom is 0.224 e. The van der Waals surface area contributed by atoms with Crippen molar-refractivity contribution >= 4 is 27.5 Å². The van der Waals surface area contributed by atoms with Crippen molar-refractivity contribution in [3.05, 3.63) is 28.7 Å². The number of carbonyl (C=O) groups excluding carboxylic acids is 1. The summed E-state index contributed by atoms with van der Waals surface area (Å²) >= 11 is 3.37. The van der Waals surface area contributed by atoms with Crippen molar-refractivity contribution < 1.29 is 4.79 Å². The predicted octanol–water partition coefficient (Wildman–Crippen LogP) is 2.73. The normalized spacial score (nSPS) is 20.5. The number of rotatable bonds is 3. The molecule has 1 aromatic carbocycles. The third-order valence-electron chi connectivity index (χ3n) is 3.09. The van der Waals surface area contributed by atoms with Gasteiger partial charge in [-0.1, -0.05) is 15.9 Å². The number of nitrogens with zero attached hydrogens (tertiary/aromatic N) is 1. The number of hydrogen-bond acceptors (Lipinski definition) is 2. The molecule has 92 valence electrons. The van der Waals surface area contributed by atoms with Crippen LogP contribution in [0.5, 0.6) is 0 Å². The number of carbonyl (C=O) groups is 1. The average molecular weight is 297 g/mol. The highest BCUT2D eigenvalue weighted by molar-refractivity contribution is 9.10. The Bertz CT molecular complexity index is 391. The maximum atomic E-state index is 11.8. The van der Waals surface area contributed by atoms with E-state index in [2.05, 4.69) is 33.2 Å². The van der Waals surface area contributed by atoms with Crippen molar-refractivity contribution in [3.8, 4) is 0 Å². The number of benzene rings is 1. The lowest BCUT2D eigenvalue weighted by Gasteiger charge is -2.10. The summed E-state index contributed by atoms with van der Waals surface area (Å²) in [5.74, 6) is 0.628. The third-order valence-corrected chi connectivity index (χ3v) is 3.62. The van der Waals surface area contributed by atoms with Gasteiger partial charge >= 0.3 is 0 Å². The Labute approximate surface area is 110 Å². The Morgan fingerprint density at radius 3 is 2.76 bits per heavy atom. The zero-order valence-corrected chi connectivity index (χ0v) is 11.5. The van der Waals surface area contributed by atoms with Crippen LogP contribution in [0.25, 0.3) is 0 Å². The van der Waals surface area contributed by atoms with Gasteiger partial charge in [-0.3, -0.25) is 4.79 Å². The maximum absolute atomic E-state index is 11.8. The standard InChI is InChI=1S/C13H17BrN2O/c1-16-7-6-10(9-16)8-13(17)15-12-4-2-11(14)3-5-12/h2-5,10H,6-9H2,1H3,(H,15,17). The van der Waals surface area contributed by atoms with E-state index in [0.29, 0.717) is 12.3 Å². The largest absolute Gasteiger partial charge is 0.326 e. The molecule has 0 aliphatic carbocycles. The molecule has 1 heterocycles. The van der Waals surface area contributed by atoms with E-state index in [9.17, 15) is 4.79 Å². The second-order valence-corrected chi connectivity index (χ2v) is 5.59. The Kier molecular flexibility index (Phi) is 4.18. The second kappa shape index (κ2) is 5.65. The summed E-state index contributed by atoms with van der Waals surface area (Å²) < 4.78 is 1.02. The van der Waals surface area contributed by atoms with Crippen molar-refractivity contribution in [2.75, 3.05) is 25.5 Å². The van der Waals surface area contributed by atoms with Gasteiger partial charge < -0.3 is 10.2 Å². The van der Waals surface area contributed by atoms with Crippen LogP contribution in [-0.2, 0) is 4.79 Å². The quantitative estimate of drug-likeness (QED) is 0.930. The fraction of sp³-hybridized carbons (Fsp3) is 0.462. The topological polar surface area (TPSA) is 32.3 Å². The summed E-state index contributed by atoms with van der Waals surface area (Å²) in [5.41, 5.74) is 0.865. The molecule has 1 amide bonds. The molecule has 2 rings (SSSR count). The van der Waals surface area contributed by atoms with Crippen LogP contribution in [0.3, 0.4) is 0 Å². The van der Waals surface area contributed by atoms with Crippen molar-refractivity contribution in [1.82, 2.24) is 4.90 Å². The molecule has 1 N–H and O–H groups in total. The minimum Gasteiger partial charge on any atom is -0.326 e. The molecular weight excluding hydrogens is 280 g/mol. The van der Waals surface area contributed by atoms with E-state index in [1.54, 1.807) is 0 Å². The van der Waals surface area contributed by atoms with Gasteiger partial charge in [-0.05, 0) is 50.2 Å². The number of amides is 1. The van der Waals surface area contributed by atoms with Gasteiger partial charge in [0.25, 0.3) is 0 Å². The molecule has 1 atom stereocenters. The zero-order chi connectivity index (χ0) is 12.3. The summed E-state index contributed by atoms with van der Waals surface area (Å²) in [6.07, 6.45) is 1.75. The lowest BCUT2D eigenvalue weighted by molar-refractivity contribution is -0.117. The van der Waals surface area contributed by atoms with Gasteiger partial charge in [0.15, 0.2) is 0 Å². The number of hydrogen-bond donors (Lipinski definition) is 1. The SMILES string of the molecule is CN1CCC(CC(=O)Nc2ccc(Br)cc2)C1. The van der Waals surface area contributed by atoms with Crippen LogP contribution in [-0.4, -0.2) is 30.9 Å². The van der Waals surface area contributed by atoms with E-state index in [-0.39, 0.29) is 5.91 Å². The van der Waals surface area contributed by atoms with E-state index in [1.165, 1.54) is 0 Å². The fourth-order valence-corrected chi connectivity index (χ4v) is 2.46. The highest BCUT2D eigenvalue weighted by Gasteiger charge is 2.21. The molecule has 0 radical (unpaired) electrons. The highest BCUT2D eigenvalue weighted by Crippen LogP contribution is 2.19. The molecule has 1 fully saturated rings. The Hall–Kier alpha value is -0.870. The van der Waals surface area contributed by atoms with Crippen molar-refractivity contribution in [1.29, 1.82) is 0 Å². The van der Waals surface area contributed by atoms with Crippen molar-refractivity contribution in [2.45, 2.75) is 12.8 Å². The van der Waals surface area contributed by atoms with Gasteiger partial charge in [0.05, 0.1) is 0 Å². The van der Waals surface area contributed by atoms with E-state index in [0.717, 1.165) is 29.7 Å². The second-order valence-electron chi connectivity index (χ2n) is 4.68. The number of likely N-dealkylation sites (tertiary alicyclic amines) is 1. The van der Waals surface area contributed by atoms with E-state index in [4.69, 9.17) is 0 Å². The summed E-state index contributed by atoms with van der Waals surface area (Å²) in [6.45, 7) is 2.14. The van der Waals surface area contributed by atoms with Crippen molar-refractivity contribution in [2.24, 2.45) is 5.92 Å². The van der Waals surface area contributed by atoms with Crippen LogP contribution in [0.15, 0.2) is 28.7 Å². The average Bonchev–Trinajstić information content (AvgIpc) is 2.67. The minimum absolute atomic E-state index is 0.118. The van der Waals surface area contributed by atoms with Gasteiger partial charge in [0, 0.05) is 23.1 Å². The summed E-state index contributed by atoms with van der Waals surface area (Å²) in [6, 6.07) is 7.67. The van der Waals surface area contributed by atoms with Crippen LogP contribution in [0, 0.1) is 5.92 Å². The van der Waals surface area contributed by atoms with Crippen LogP contribution in [0.2, 0.25) is 0 Å². The molecule has 0 bridgehead atoms. The van der Waals surface area contributed by atoms with Crippen LogP contribution in [0.1, 0.15) is 12.8 Å². The lowest BCUT2D eigenvalue weighted by atomic mass is 10.0. The van der Waals surface area contributed by atoms with Gasteiger partial charge in [-0.15, -0.1) is 0 Å². The third kappa shape index (κ3) is 3.82. The molecule has 3 nitrogen and oxygen atoms in total. The van der Waals surface area contributed by atoms with Gasteiger partial charge in [0.2, 0.25) is 5.91 Å². The molecule has 1 aromatic rings. The van der Waals surface area contributed by atoms with E-state index in [1.807, 2.05) is 24.3 Å². The van der Waals surface area contributed by atoms with Crippen LogP contribution in [0.4, 0.5) is 5.69 Å². The Morgan fingerprint density at radius 1 is 1.47 bits per heavy atom. The van der Waals surface area contributed by atoms with Crippen LogP contribution < -0.4 is 5.32 Å². The Balaban J connectivity index is 1.83. The monoisotopic (exact) mass is 296 g/mol. The summed E-state index contributed by atoms with van der Waals surface area (Å²) in [7, 11) is 2.10. The Morgan fingerprint density at radius 2 is 2.18 bits per heavy atom. The number of halogens is 1. The van der Waals surface area contributed by atoms with Gasteiger partial charge in [-0.2, -0.15) is 0 Å². The molecule has 1 aliphatic heterocycles. The van der Waals surface area contributed by atoms with E-state index >= 15 is 0 Å². The first-order valence-corrected chi connectivity index (χ1v) is 6.67. The first-order valence-electron chi connectivity index (χ1n) is 5.87. The summed E-state index contributed by atoms with van der Waals surface area (Å²) in [5, 5.41) is 2.93.